The third-order valence-corrected chi connectivity index (χ3v) is 4.63. The number of nitrogens with zero attached hydrogens (tertiary/aromatic N) is 4. The van der Waals surface area contributed by atoms with Gasteiger partial charge in [-0.05, 0) is 50.6 Å². The Kier molecular flexibility index (Phi) is 4.54. The SMILES string of the molecule is Cc1ccc(CNc2nc3ccc(Cl)cc3nc2-n2nc(C)cc2C)cc1. The molecule has 0 saturated heterocycles. The monoisotopic (exact) mass is 377 g/mol. The first-order chi connectivity index (χ1) is 13.0. The zero-order chi connectivity index (χ0) is 19.0. The van der Waals surface area contributed by atoms with Crippen LogP contribution in [0.2, 0.25) is 5.02 Å². The predicted molar refractivity (Wildman–Crippen MR) is 110 cm³/mol. The van der Waals surface area contributed by atoms with Gasteiger partial charge in [-0.3, -0.25) is 0 Å². The van der Waals surface area contributed by atoms with Crippen molar-refractivity contribution < 1.29 is 0 Å². The van der Waals surface area contributed by atoms with E-state index in [2.05, 4.69) is 41.6 Å². The summed E-state index contributed by atoms with van der Waals surface area (Å²) in [6.07, 6.45) is 0. The van der Waals surface area contributed by atoms with Gasteiger partial charge in [0, 0.05) is 17.3 Å². The molecule has 27 heavy (non-hydrogen) atoms. The summed E-state index contributed by atoms with van der Waals surface area (Å²) in [7, 11) is 0. The van der Waals surface area contributed by atoms with Gasteiger partial charge in [0.1, 0.15) is 0 Å². The van der Waals surface area contributed by atoms with Crippen molar-refractivity contribution in [2.24, 2.45) is 0 Å². The van der Waals surface area contributed by atoms with Gasteiger partial charge in [0.2, 0.25) is 0 Å². The summed E-state index contributed by atoms with van der Waals surface area (Å²) in [4.78, 5) is 9.58. The summed E-state index contributed by atoms with van der Waals surface area (Å²) in [5, 5.41) is 8.64. The predicted octanol–water partition coefficient (Wildman–Crippen LogP) is 5.01. The van der Waals surface area contributed by atoms with Crippen LogP contribution in [0.5, 0.6) is 0 Å². The molecule has 5 nitrogen and oxygen atoms in total. The Balaban J connectivity index is 1.79. The fourth-order valence-electron chi connectivity index (χ4n) is 3.02. The van der Waals surface area contributed by atoms with Gasteiger partial charge in [-0.25, -0.2) is 14.6 Å². The summed E-state index contributed by atoms with van der Waals surface area (Å²) in [6.45, 7) is 6.71. The van der Waals surface area contributed by atoms with Crippen LogP contribution in [0.4, 0.5) is 5.82 Å². The number of halogens is 1. The van der Waals surface area contributed by atoms with Crippen molar-refractivity contribution in [2.75, 3.05) is 5.32 Å². The molecule has 0 saturated carbocycles. The Morgan fingerprint density at radius 3 is 2.41 bits per heavy atom. The minimum Gasteiger partial charge on any atom is -0.363 e. The van der Waals surface area contributed by atoms with Crippen molar-refractivity contribution in [1.29, 1.82) is 0 Å². The smallest absolute Gasteiger partial charge is 0.197 e. The van der Waals surface area contributed by atoms with Gasteiger partial charge in [0.05, 0.1) is 16.7 Å². The number of anilines is 1. The minimum absolute atomic E-state index is 0.636. The second-order valence-corrected chi connectivity index (χ2v) is 7.14. The average molecular weight is 378 g/mol. The van der Waals surface area contributed by atoms with Crippen LogP contribution in [0.25, 0.3) is 16.9 Å². The first-order valence-electron chi connectivity index (χ1n) is 8.80. The zero-order valence-corrected chi connectivity index (χ0v) is 16.2. The lowest BCUT2D eigenvalue weighted by molar-refractivity contribution is 0.805. The Morgan fingerprint density at radius 2 is 1.70 bits per heavy atom. The molecule has 0 amide bonds. The third-order valence-electron chi connectivity index (χ3n) is 4.40. The quantitative estimate of drug-likeness (QED) is 0.543. The Labute approximate surface area is 163 Å². The Morgan fingerprint density at radius 1 is 0.926 bits per heavy atom. The van der Waals surface area contributed by atoms with Crippen molar-refractivity contribution in [3.63, 3.8) is 0 Å². The lowest BCUT2D eigenvalue weighted by atomic mass is 10.1. The lowest BCUT2D eigenvalue weighted by Crippen LogP contribution is -2.11. The molecule has 2 heterocycles. The summed E-state index contributed by atoms with van der Waals surface area (Å²) in [5.74, 6) is 1.36. The number of aryl methyl sites for hydroxylation is 3. The fourth-order valence-corrected chi connectivity index (χ4v) is 3.19. The Hall–Kier alpha value is -2.92. The highest BCUT2D eigenvalue weighted by Crippen LogP contribution is 2.24. The third kappa shape index (κ3) is 3.64. The maximum Gasteiger partial charge on any atom is 0.197 e. The van der Waals surface area contributed by atoms with Gasteiger partial charge in [0.25, 0.3) is 0 Å². The van der Waals surface area contributed by atoms with E-state index in [1.165, 1.54) is 11.1 Å². The molecular weight excluding hydrogens is 358 g/mol. The molecule has 0 aliphatic rings. The van der Waals surface area contributed by atoms with Gasteiger partial charge < -0.3 is 5.32 Å². The highest BCUT2D eigenvalue weighted by Gasteiger charge is 2.14. The molecule has 0 bridgehead atoms. The van der Waals surface area contributed by atoms with Crippen LogP contribution in [-0.2, 0) is 6.54 Å². The van der Waals surface area contributed by atoms with E-state index >= 15 is 0 Å². The maximum absolute atomic E-state index is 6.14. The molecule has 136 valence electrons. The van der Waals surface area contributed by atoms with E-state index in [4.69, 9.17) is 21.6 Å². The number of nitrogens with one attached hydrogen (secondary N) is 1. The molecule has 6 heteroatoms. The Bertz CT molecular complexity index is 1120. The van der Waals surface area contributed by atoms with Crippen LogP contribution in [0.3, 0.4) is 0 Å². The molecule has 4 rings (SSSR count). The summed E-state index contributed by atoms with van der Waals surface area (Å²) in [6, 6.07) is 16.0. The second kappa shape index (κ2) is 7.00. The number of aromatic nitrogens is 4. The molecule has 2 aromatic heterocycles. The van der Waals surface area contributed by atoms with Crippen molar-refractivity contribution >= 4 is 28.5 Å². The van der Waals surface area contributed by atoms with Gasteiger partial charge >= 0.3 is 0 Å². The topological polar surface area (TPSA) is 55.6 Å². The number of benzene rings is 2. The molecule has 0 atom stereocenters. The molecular formula is C21H20ClN5. The average Bonchev–Trinajstić information content (AvgIpc) is 2.98. The van der Waals surface area contributed by atoms with Crippen molar-refractivity contribution in [3.05, 3.63) is 76.1 Å². The second-order valence-electron chi connectivity index (χ2n) is 6.71. The van der Waals surface area contributed by atoms with Crippen LogP contribution in [0, 0.1) is 20.8 Å². The van der Waals surface area contributed by atoms with Crippen LogP contribution in [0.1, 0.15) is 22.5 Å². The molecule has 0 spiro atoms. The zero-order valence-electron chi connectivity index (χ0n) is 15.5. The standard InChI is InChI=1S/C21H20ClN5/c1-13-4-6-16(7-5-13)12-23-20-21(27-15(3)10-14(2)26-27)25-19-11-17(22)8-9-18(19)24-20/h4-11H,12H2,1-3H3,(H,23,24). The maximum atomic E-state index is 6.14. The molecule has 0 fully saturated rings. The van der Waals surface area contributed by atoms with E-state index in [9.17, 15) is 0 Å². The normalized spacial score (nSPS) is 11.1. The summed E-state index contributed by atoms with van der Waals surface area (Å²) >= 11 is 6.14. The number of hydrogen-bond acceptors (Lipinski definition) is 4. The van der Waals surface area contributed by atoms with Gasteiger partial charge in [-0.15, -0.1) is 0 Å². The summed E-state index contributed by atoms with van der Waals surface area (Å²) in [5.41, 5.74) is 5.89. The first kappa shape index (κ1) is 17.5. The van der Waals surface area contributed by atoms with Gasteiger partial charge in [-0.1, -0.05) is 41.4 Å². The largest absolute Gasteiger partial charge is 0.363 e. The highest BCUT2D eigenvalue weighted by molar-refractivity contribution is 6.31. The van der Waals surface area contributed by atoms with E-state index in [0.717, 1.165) is 22.4 Å². The van der Waals surface area contributed by atoms with Gasteiger partial charge in [-0.2, -0.15) is 5.10 Å². The molecule has 0 unspecified atom stereocenters. The number of hydrogen-bond donors (Lipinski definition) is 1. The van der Waals surface area contributed by atoms with Crippen LogP contribution in [-0.4, -0.2) is 19.7 Å². The molecule has 0 radical (unpaired) electrons. The first-order valence-corrected chi connectivity index (χ1v) is 9.18. The molecule has 4 aromatic rings. The van der Waals surface area contributed by atoms with Crippen LogP contribution >= 0.6 is 11.6 Å². The van der Waals surface area contributed by atoms with E-state index < -0.39 is 0 Å². The van der Waals surface area contributed by atoms with E-state index in [-0.39, 0.29) is 0 Å². The minimum atomic E-state index is 0.636. The van der Waals surface area contributed by atoms with Gasteiger partial charge in [0.15, 0.2) is 11.6 Å². The van der Waals surface area contributed by atoms with Crippen molar-refractivity contribution in [1.82, 2.24) is 19.7 Å². The van der Waals surface area contributed by atoms with Crippen LogP contribution in [0.15, 0.2) is 48.5 Å². The van der Waals surface area contributed by atoms with E-state index in [0.29, 0.717) is 23.2 Å². The molecule has 2 aromatic carbocycles. The van der Waals surface area contributed by atoms with E-state index in [1.807, 2.05) is 42.8 Å². The van der Waals surface area contributed by atoms with Crippen LogP contribution < -0.4 is 5.32 Å². The number of fused-ring (bicyclic) bond motifs is 1. The molecule has 1 N–H and O–H groups in total. The number of rotatable bonds is 4. The van der Waals surface area contributed by atoms with Crippen molar-refractivity contribution in [2.45, 2.75) is 27.3 Å². The molecule has 0 aliphatic heterocycles. The highest BCUT2D eigenvalue weighted by atomic mass is 35.5. The summed E-state index contributed by atoms with van der Waals surface area (Å²) < 4.78 is 1.82. The molecule has 0 aliphatic carbocycles. The van der Waals surface area contributed by atoms with E-state index in [1.54, 1.807) is 0 Å². The fraction of sp³-hybridized carbons (Fsp3) is 0.190. The lowest BCUT2D eigenvalue weighted by Gasteiger charge is -2.13. The van der Waals surface area contributed by atoms with Crippen molar-refractivity contribution in [3.8, 4) is 5.82 Å².